The van der Waals surface area contributed by atoms with E-state index >= 15 is 0 Å². The van der Waals surface area contributed by atoms with E-state index in [0.717, 1.165) is 19.3 Å². The SMILES string of the molecule is CC[C@H](C)[C@H](NC(=O)NC1CCCC1(C)C)C(=O)O. The van der Waals surface area contributed by atoms with Crippen LogP contribution in [0.4, 0.5) is 4.79 Å². The van der Waals surface area contributed by atoms with Crippen molar-refractivity contribution in [3.63, 3.8) is 0 Å². The van der Waals surface area contributed by atoms with Crippen LogP contribution < -0.4 is 10.6 Å². The maximum atomic E-state index is 11.9. The highest BCUT2D eigenvalue weighted by atomic mass is 16.4. The molecule has 0 saturated heterocycles. The largest absolute Gasteiger partial charge is 0.480 e. The lowest BCUT2D eigenvalue weighted by Gasteiger charge is -2.29. The number of hydrogen-bond acceptors (Lipinski definition) is 2. The van der Waals surface area contributed by atoms with Crippen LogP contribution in [0.1, 0.15) is 53.4 Å². The van der Waals surface area contributed by atoms with Gasteiger partial charge in [0.1, 0.15) is 6.04 Å². The zero-order valence-corrected chi connectivity index (χ0v) is 12.3. The van der Waals surface area contributed by atoms with Crippen molar-refractivity contribution in [1.29, 1.82) is 0 Å². The summed E-state index contributed by atoms with van der Waals surface area (Å²) in [6.45, 7) is 8.02. The molecule has 1 fully saturated rings. The number of nitrogens with one attached hydrogen (secondary N) is 2. The van der Waals surface area contributed by atoms with Crippen molar-refractivity contribution >= 4 is 12.0 Å². The first-order valence-corrected chi connectivity index (χ1v) is 7.07. The second-order valence-electron chi connectivity index (χ2n) is 6.25. The molecular weight excluding hydrogens is 244 g/mol. The first-order valence-electron chi connectivity index (χ1n) is 7.07. The predicted octanol–water partition coefficient (Wildman–Crippen LogP) is 2.36. The molecule has 0 heterocycles. The van der Waals surface area contributed by atoms with E-state index in [0.29, 0.717) is 6.42 Å². The Bertz CT molecular complexity index is 342. The van der Waals surface area contributed by atoms with Crippen LogP contribution in [-0.4, -0.2) is 29.2 Å². The van der Waals surface area contributed by atoms with E-state index in [4.69, 9.17) is 5.11 Å². The summed E-state index contributed by atoms with van der Waals surface area (Å²) in [5, 5.41) is 14.6. The molecule has 5 nitrogen and oxygen atoms in total. The molecule has 0 spiro atoms. The third-order valence-corrected chi connectivity index (χ3v) is 4.33. The quantitative estimate of drug-likeness (QED) is 0.717. The normalized spacial score (nSPS) is 24.5. The van der Waals surface area contributed by atoms with E-state index in [-0.39, 0.29) is 23.4 Å². The van der Waals surface area contributed by atoms with E-state index in [1.54, 1.807) is 0 Å². The van der Waals surface area contributed by atoms with Gasteiger partial charge in [0.05, 0.1) is 0 Å². The van der Waals surface area contributed by atoms with Gasteiger partial charge in [-0.2, -0.15) is 0 Å². The number of carboxylic acids is 1. The minimum absolute atomic E-state index is 0.0835. The topological polar surface area (TPSA) is 78.4 Å². The molecule has 0 bridgehead atoms. The lowest BCUT2D eigenvalue weighted by Crippen LogP contribution is -2.53. The van der Waals surface area contributed by atoms with E-state index in [2.05, 4.69) is 24.5 Å². The molecule has 1 aliphatic carbocycles. The smallest absolute Gasteiger partial charge is 0.326 e. The molecule has 1 unspecified atom stereocenters. The number of carboxylic acid groups (broad SMARTS) is 1. The van der Waals surface area contributed by atoms with E-state index < -0.39 is 12.0 Å². The van der Waals surface area contributed by atoms with Gasteiger partial charge in [-0.1, -0.05) is 40.5 Å². The van der Waals surface area contributed by atoms with Gasteiger partial charge in [0.2, 0.25) is 0 Å². The third kappa shape index (κ3) is 4.11. The van der Waals surface area contributed by atoms with Gasteiger partial charge in [0, 0.05) is 6.04 Å². The number of amides is 2. The fraction of sp³-hybridized carbons (Fsp3) is 0.857. The maximum absolute atomic E-state index is 11.9. The molecule has 1 rings (SSSR count). The summed E-state index contributed by atoms with van der Waals surface area (Å²) in [4.78, 5) is 23.1. The average molecular weight is 270 g/mol. The minimum Gasteiger partial charge on any atom is -0.480 e. The Kier molecular flexibility index (Phi) is 5.20. The molecule has 2 amide bonds. The number of carbonyl (C=O) groups excluding carboxylic acids is 1. The second kappa shape index (κ2) is 6.26. The fourth-order valence-electron chi connectivity index (χ4n) is 2.62. The standard InChI is InChI=1S/C14H26N2O3/c1-5-9(2)11(12(17)18)16-13(19)15-10-7-6-8-14(10,3)4/h9-11H,5-8H2,1-4H3,(H,17,18)(H2,15,16,19)/t9-,10?,11-/m0/s1. The minimum atomic E-state index is -0.977. The molecular formula is C14H26N2O3. The van der Waals surface area contributed by atoms with Crippen LogP contribution in [0.25, 0.3) is 0 Å². The summed E-state index contributed by atoms with van der Waals surface area (Å²) in [5.74, 6) is -1.06. The molecule has 0 radical (unpaired) electrons. The van der Waals surface area contributed by atoms with Crippen LogP contribution in [0.5, 0.6) is 0 Å². The molecule has 5 heteroatoms. The van der Waals surface area contributed by atoms with Gasteiger partial charge < -0.3 is 15.7 Å². The average Bonchev–Trinajstić information content (AvgIpc) is 2.64. The van der Waals surface area contributed by atoms with Crippen molar-refractivity contribution in [1.82, 2.24) is 10.6 Å². The van der Waals surface area contributed by atoms with E-state index in [1.165, 1.54) is 0 Å². The molecule has 1 saturated carbocycles. The summed E-state index contributed by atoms with van der Waals surface area (Å²) in [7, 11) is 0. The van der Waals surface area contributed by atoms with Gasteiger partial charge in [-0.25, -0.2) is 9.59 Å². The van der Waals surface area contributed by atoms with Gasteiger partial charge >= 0.3 is 12.0 Å². The first-order chi connectivity index (χ1) is 8.77. The van der Waals surface area contributed by atoms with Crippen LogP contribution in [0, 0.1) is 11.3 Å². The summed E-state index contributed by atoms with van der Waals surface area (Å²) in [6, 6.07) is -1.07. The summed E-state index contributed by atoms with van der Waals surface area (Å²) >= 11 is 0. The highest BCUT2D eigenvalue weighted by Gasteiger charge is 2.36. The highest BCUT2D eigenvalue weighted by Crippen LogP contribution is 2.37. The van der Waals surface area contributed by atoms with E-state index in [9.17, 15) is 9.59 Å². The van der Waals surface area contributed by atoms with Crippen molar-refractivity contribution in [3.8, 4) is 0 Å². The van der Waals surface area contributed by atoms with Crippen molar-refractivity contribution in [2.75, 3.05) is 0 Å². The van der Waals surface area contributed by atoms with Crippen molar-refractivity contribution in [2.45, 2.75) is 65.5 Å². The summed E-state index contributed by atoms with van der Waals surface area (Å²) in [5.41, 5.74) is 0.0897. The van der Waals surface area contributed by atoms with Crippen molar-refractivity contribution < 1.29 is 14.7 Å². The maximum Gasteiger partial charge on any atom is 0.326 e. The van der Waals surface area contributed by atoms with E-state index in [1.807, 2.05) is 13.8 Å². The van der Waals surface area contributed by atoms with Gasteiger partial charge in [0.25, 0.3) is 0 Å². The summed E-state index contributed by atoms with van der Waals surface area (Å²) in [6.07, 6.45) is 3.87. The number of hydrogen-bond donors (Lipinski definition) is 3. The van der Waals surface area contributed by atoms with Gasteiger partial charge in [0.15, 0.2) is 0 Å². The van der Waals surface area contributed by atoms with Crippen LogP contribution >= 0.6 is 0 Å². The molecule has 0 aliphatic heterocycles. The first kappa shape index (κ1) is 15.8. The Balaban J connectivity index is 2.56. The Hall–Kier alpha value is -1.26. The molecule has 19 heavy (non-hydrogen) atoms. The molecule has 110 valence electrons. The monoisotopic (exact) mass is 270 g/mol. The van der Waals surface area contributed by atoms with Crippen molar-refractivity contribution in [2.24, 2.45) is 11.3 Å². The predicted molar refractivity (Wildman–Crippen MR) is 74.0 cm³/mol. The zero-order chi connectivity index (χ0) is 14.6. The van der Waals surface area contributed by atoms with Crippen LogP contribution in [0.2, 0.25) is 0 Å². The Labute approximate surface area is 115 Å². The Morgan fingerprint density at radius 3 is 2.47 bits per heavy atom. The van der Waals surface area contributed by atoms with Crippen LogP contribution in [0.15, 0.2) is 0 Å². The second-order valence-corrected chi connectivity index (χ2v) is 6.25. The lowest BCUT2D eigenvalue weighted by molar-refractivity contribution is -0.140. The zero-order valence-electron chi connectivity index (χ0n) is 12.3. The van der Waals surface area contributed by atoms with Gasteiger partial charge in [-0.15, -0.1) is 0 Å². The third-order valence-electron chi connectivity index (χ3n) is 4.33. The summed E-state index contributed by atoms with van der Waals surface area (Å²) < 4.78 is 0. The highest BCUT2D eigenvalue weighted by molar-refractivity contribution is 5.82. The number of urea groups is 1. The number of rotatable bonds is 5. The van der Waals surface area contributed by atoms with Crippen molar-refractivity contribution in [3.05, 3.63) is 0 Å². The lowest BCUT2D eigenvalue weighted by atomic mass is 9.87. The van der Waals surface area contributed by atoms with Gasteiger partial charge in [-0.05, 0) is 24.2 Å². The Morgan fingerprint density at radius 1 is 1.42 bits per heavy atom. The fourth-order valence-corrected chi connectivity index (χ4v) is 2.62. The van der Waals surface area contributed by atoms with Crippen LogP contribution in [0.3, 0.4) is 0 Å². The number of carbonyl (C=O) groups is 2. The number of aliphatic carboxylic acids is 1. The molecule has 0 aromatic carbocycles. The molecule has 1 aliphatic rings. The Morgan fingerprint density at radius 2 is 2.05 bits per heavy atom. The van der Waals surface area contributed by atoms with Gasteiger partial charge in [-0.3, -0.25) is 0 Å². The molecule has 0 aromatic heterocycles. The molecule has 3 N–H and O–H groups in total. The van der Waals surface area contributed by atoms with Crippen LogP contribution in [-0.2, 0) is 4.79 Å². The molecule has 0 aromatic rings. The molecule has 3 atom stereocenters.